The monoisotopic (exact) mass is 250 g/mol. The third-order valence-electron chi connectivity index (χ3n) is 2.27. The van der Waals surface area contributed by atoms with Crippen LogP contribution in [-0.4, -0.2) is 9.97 Å². The largest absolute Gasteiger partial charge is 0.336 e. The number of halogens is 1. The number of H-pyrrole nitrogens is 1. The normalized spacial score (nSPS) is 12.7. The molecule has 1 heterocycles. The van der Waals surface area contributed by atoms with E-state index in [2.05, 4.69) is 45.0 Å². The number of benzene rings is 1. The van der Waals surface area contributed by atoms with Gasteiger partial charge in [0.05, 0.1) is 6.20 Å². The Hall–Kier alpha value is -1.09. The van der Waals surface area contributed by atoms with E-state index >= 15 is 0 Å². The third-order valence-corrected chi connectivity index (χ3v) is 2.68. The van der Waals surface area contributed by atoms with E-state index in [-0.39, 0.29) is 0 Å². The Morgan fingerprint density at radius 3 is 2.57 bits per heavy atom. The van der Waals surface area contributed by atoms with Crippen LogP contribution in [0.1, 0.15) is 24.2 Å². The van der Waals surface area contributed by atoms with Gasteiger partial charge in [0.2, 0.25) is 0 Å². The number of hydrogen-bond acceptors (Lipinski definition) is 1. The third kappa shape index (κ3) is 1.87. The highest BCUT2D eigenvalue weighted by Crippen LogP contribution is 2.21. The number of aromatic nitrogens is 2. The molecule has 2 rings (SSSR count). The van der Waals surface area contributed by atoms with Gasteiger partial charge in [0.1, 0.15) is 10.4 Å². The summed E-state index contributed by atoms with van der Waals surface area (Å²) >= 11 is 3.35. The SMILES string of the molecule is CC(c1ccccc1)c1ncc(Br)[nH]1. The van der Waals surface area contributed by atoms with E-state index in [4.69, 9.17) is 0 Å². The van der Waals surface area contributed by atoms with Crippen molar-refractivity contribution in [1.29, 1.82) is 0 Å². The van der Waals surface area contributed by atoms with Crippen molar-refractivity contribution in [3.05, 3.63) is 52.5 Å². The minimum Gasteiger partial charge on any atom is -0.336 e. The van der Waals surface area contributed by atoms with Gasteiger partial charge in [0, 0.05) is 5.92 Å². The van der Waals surface area contributed by atoms with Crippen molar-refractivity contribution in [3.63, 3.8) is 0 Å². The van der Waals surface area contributed by atoms with E-state index in [1.54, 1.807) is 6.20 Å². The second kappa shape index (κ2) is 3.96. The molecule has 0 aliphatic carbocycles. The molecule has 1 atom stereocenters. The Kier molecular flexibility index (Phi) is 2.68. The van der Waals surface area contributed by atoms with Gasteiger partial charge in [0.15, 0.2) is 0 Å². The summed E-state index contributed by atoms with van der Waals surface area (Å²) in [5, 5.41) is 0. The summed E-state index contributed by atoms with van der Waals surface area (Å²) in [6.45, 7) is 2.14. The molecule has 0 radical (unpaired) electrons. The van der Waals surface area contributed by atoms with Crippen molar-refractivity contribution in [1.82, 2.24) is 9.97 Å². The molecule has 1 aromatic carbocycles. The van der Waals surface area contributed by atoms with Crippen LogP contribution in [0.25, 0.3) is 0 Å². The number of nitrogens with one attached hydrogen (secondary N) is 1. The maximum absolute atomic E-state index is 4.29. The highest BCUT2D eigenvalue weighted by molar-refractivity contribution is 9.10. The fraction of sp³-hybridized carbons (Fsp3) is 0.182. The quantitative estimate of drug-likeness (QED) is 0.871. The van der Waals surface area contributed by atoms with Gasteiger partial charge in [0.25, 0.3) is 0 Å². The molecule has 0 aliphatic rings. The maximum atomic E-state index is 4.29. The second-order valence-corrected chi connectivity index (χ2v) is 4.10. The van der Waals surface area contributed by atoms with Crippen LogP contribution >= 0.6 is 15.9 Å². The molecule has 0 fully saturated rings. The minimum atomic E-state index is 0.308. The van der Waals surface area contributed by atoms with Crippen molar-refractivity contribution in [2.24, 2.45) is 0 Å². The van der Waals surface area contributed by atoms with Crippen molar-refractivity contribution in [2.75, 3.05) is 0 Å². The Bertz CT molecular complexity index is 408. The fourth-order valence-electron chi connectivity index (χ4n) is 1.43. The lowest BCUT2D eigenvalue weighted by molar-refractivity contribution is 0.838. The van der Waals surface area contributed by atoms with Crippen molar-refractivity contribution < 1.29 is 0 Å². The van der Waals surface area contributed by atoms with Gasteiger partial charge in [-0.15, -0.1) is 0 Å². The maximum Gasteiger partial charge on any atom is 0.114 e. The van der Waals surface area contributed by atoms with Gasteiger partial charge in [-0.2, -0.15) is 0 Å². The average Bonchev–Trinajstić information content (AvgIpc) is 2.65. The van der Waals surface area contributed by atoms with Crippen molar-refractivity contribution in [2.45, 2.75) is 12.8 Å². The first-order valence-electron chi connectivity index (χ1n) is 4.52. The summed E-state index contributed by atoms with van der Waals surface area (Å²) in [5.41, 5.74) is 1.27. The van der Waals surface area contributed by atoms with E-state index in [1.165, 1.54) is 5.56 Å². The minimum absolute atomic E-state index is 0.308. The fourth-order valence-corrected chi connectivity index (χ4v) is 1.74. The highest BCUT2D eigenvalue weighted by Gasteiger charge is 2.10. The van der Waals surface area contributed by atoms with E-state index in [0.717, 1.165) is 10.4 Å². The van der Waals surface area contributed by atoms with Crippen molar-refractivity contribution >= 4 is 15.9 Å². The van der Waals surface area contributed by atoms with Crippen molar-refractivity contribution in [3.8, 4) is 0 Å². The predicted molar refractivity (Wildman–Crippen MR) is 60.2 cm³/mol. The van der Waals surface area contributed by atoms with Gasteiger partial charge < -0.3 is 4.98 Å². The Morgan fingerprint density at radius 1 is 1.29 bits per heavy atom. The zero-order chi connectivity index (χ0) is 9.97. The molecule has 0 bridgehead atoms. The molecule has 2 nitrogen and oxygen atoms in total. The molecule has 2 aromatic rings. The number of hydrogen-bond donors (Lipinski definition) is 1. The molecule has 72 valence electrons. The summed E-state index contributed by atoms with van der Waals surface area (Å²) in [7, 11) is 0. The molecule has 1 unspecified atom stereocenters. The molecular weight excluding hydrogens is 240 g/mol. The molecule has 0 aliphatic heterocycles. The van der Waals surface area contributed by atoms with E-state index in [9.17, 15) is 0 Å². The number of nitrogens with zero attached hydrogens (tertiary/aromatic N) is 1. The Balaban J connectivity index is 2.29. The van der Waals surface area contributed by atoms with E-state index in [1.807, 2.05) is 18.2 Å². The van der Waals surface area contributed by atoms with Crippen LogP contribution in [0.15, 0.2) is 41.1 Å². The van der Waals surface area contributed by atoms with Crippen LogP contribution in [0, 0.1) is 0 Å². The van der Waals surface area contributed by atoms with Crippen LogP contribution in [0.2, 0.25) is 0 Å². The Morgan fingerprint density at radius 2 is 2.00 bits per heavy atom. The number of imidazole rings is 1. The molecule has 0 spiro atoms. The second-order valence-electron chi connectivity index (χ2n) is 3.25. The molecule has 0 amide bonds. The summed E-state index contributed by atoms with van der Waals surface area (Å²) in [4.78, 5) is 7.47. The van der Waals surface area contributed by atoms with Gasteiger partial charge in [-0.3, -0.25) is 0 Å². The summed E-state index contributed by atoms with van der Waals surface area (Å²) in [6, 6.07) is 10.3. The summed E-state index contributed by atoms with van der Waals surface area (Å²) in [5.74, 6) is 1.30. The first kappa shape index (κ1) is 9.46. The van der Waals surface area contributed by atoms with Gasteiger partial charge in [-0.1, -0.05) is 37.3 Å². The number of rotatable bonds is 2. The van der Waals surface area contributed by atoms with Gasteiger partial charge in [-0.25, -0.2) is 4.98 Å². The molecular formula is C11H11BrN2. The first-order valence-corrected chi connectivity index (χ1v) is 5.32. The lowest BCUT2D eigenvalue weighted by Gasteiger charge is -2.07. The van der Waals surface area contributed by atoms with Crippen LogP contribution < -0.4 is 0 Å². The molecule has 0 saturated carbocycles. The molecule has 3 heteroatoms. The topological polar surface area (TPSA) is 28.7 Å². The standard InChI is InChI=1S/C11H11BrN2/c1-8(9-5-3-2-4-6-9)11-13-7-10(12)14-11/h2-8H,1H3,(H,13,14). The lowest BCUT2D eigenvalue weighted by atomic mass is 10.0. The van der Waals surface area contributed by atoms with Crippen LogP contribution in [0.3, 0.4) is 0 Å². The molecule has 1 N–H and O–H groups in total. The van der Waals surface area contributed by atoms with Crippen LogP contribution in [-0.2, 0) is 0 Å². The van der Waals surface area contributed by atoms with Crippen LogP contribution in [0.5, 0.6) is 0 Å². The average molecular weight is 251 g/mol. The predicted octanol–water partition coefficient (Wildman–Crippen LogP) is 3.32. The van der Waals surface area contributed by atoms with Gasteiger partial charge in [-0.05, 0) is 21.5 Å². The smallest absolute Gasteiger partial charge is 0.114 e. The van der Waals surface area contributed by atoms with E-state index < -0.39 is 0 Å². The summed E-state index contributed by atoms with van der Waals surface area (Å²) in [6.07, 6.45) is 1.79. The van der Waals surface area contributed by atoms with E-state index in [0.29, 0.717) is 5.92 Å². The zero-order valence-electron chi connectivity index (χ0n) is 7.87. The molecule has 14 heavy (non-hydrogen) atoms. The summed E-state index contributed by atoms with van der Waals surface area (Å²) < 4.78 is 0.926. The Labute approximate surface area is 91.5 Å². The lowest BCUT2D eigenvalue weighted by Crippen LogP contribution is -1.97. The molecule has 0 saturated heterocycles. The number of aromatic amines is 1. The van der Waals surface area contributed by atoms with Gasteiger partial charge >= 0.3 is 0 Å². The van der Waals surface area contributed by atoms with Crippen LogP contribution in [0.4, 0.5) is 0 Å². The first-order chi connectivity index (χ1) is 6.77. The zero-order valence-corrected chi connectivity index (χ0v) is 9.45. The molecule has 1 aromatic heterocycles. The highest BCUT2D eigenvalue weighted by atomic mass is 79.9.